The van der Waals surface area contributed by atoms with E-state index in [2.05, 4.69) is 15.9 Å². The number of hydrogen-bond acceptors (Lipinski definition) is 3. The lowest BCUT2D eigenvalue weighted by Gasteiger charge is -2.10. The van der Waals surface area contributed by atoms with E-state index in [1.165, 1.54) is 6.07 Å². The fraction of sp³-hybridized carbons (Fsp3) is 0.167. The van der Waals surface area contributed by atoms with Crippen LogP contribution < -0.4 is 10.4 Å². The van der Waals surface area contributed by atoms with Crippen LogP contribution >= 0.6 is 15.9 Å². The van der Waals surface area contributed by atoms with Crippen molar-refractivity contribution in [2.24, 2.45) is 0 Å². The van der Waals surface area contributed by atoms with Crippen LogP contribution in [0, 0.1) is 13.8 Å². The van der Waals surface area contributed by atoms with Gasteiger partial charge in [0, 0.05) is 17.0 Å². The summed E-state index contributed by atoms with van der Waals surface area (Å²) >= 11 is 3.49. The van der Waals surface area contributed by atoms with Crippen LogP contribution in [0.2, 0.25) is 0 Å². The van der Waals surface area contributed by atoms with E-state index in [0.29, 0.717) is 12.2 Å². The van der Waals surface area contributed by atoms with Crippen molar-refractivity contribution in [3.8, 4) is 5.75 Å². The van der Waals surface area contributed by atoms with E-state index in [-0.39, 0.29) is 5.63 Å². The second-order valence-electron chi connectivity index (χ2n) is 5.31. The van der Waals surface area contributed by atoms with Gasteiger partial charge >= 0.3 is 5.63 Å². The summed E-state index contributed by atoms with van der Waals surface area (Å²) in [5.41, 5.74) is 3.25. The molecule has 3 aromatic rings. The van der Waals surface area contributed by atoms with E-state index >= 15 is 0 Å². The third kappa shape index (κ3) is 3.07. The van der Waals surface area contributed by atoms with Gasteiger partial charge in [-0.05, 0) is 59.1 Å². The van der Waals surface area contributed by atoms with Crippen LogP contribution in [0.5, 0.6) is 5.75 Å². The Morgan fingerprint density at radius 2 is 1.77 bits per heavy atom. The third-order valence-electron chi connectivity index (χ3n) is 3.46. The smallest absolute Gasteiger partial charge is 0.336 e. The highest BCUT2D eigenvalue weighted by Gasteiger charge is 2.08. The summed E-state index contributed by atoms with van der Waals surface area (Å²) in [6.45, 7) is 4.30. The number of ether oxygens (including phenoxy) is 1. The van der Waals surface area contributed by atoms with Crippen LogP contribution in [0.15, 0.2) is 56.1 Å². The molecule has 112 valence electrons. The average Bonchev–Trinajstić information content (AvgIpc) is 2.45. The van der Waals surface area contributed by atoms with E-state index in [1.807, 2.05) is 50.2 Å². The Balaban J connectivity index is 1.95. The first-order valence-electron chi connectivity index (χ1n) is 6.95. The van der Waals surface area contributed by atoms with Gasteiger partial charge in [-0.25, -0.2) is 4.79 Å². The molecule has 0 unspecified atom stereocenters. The highest BCUT2D eigenvalue weighted by atomic mass is 79.9. The molecule has 1 aromatic heterocycles. The van der Waals surface area contributed by atoms with E-state index in [0.717, 1.165) is 32.3 Å². The van der Waals surface area contributed by atoms with Crippen molar-refractivity contribution in [3.63, 3.8) is 0 Å². The lowest BCUT2D eigenvalue weighted by molar-refractivity contribution is 0.304. The molecule has 1 heterocycles. The van der Waals surface area contributed by atoms with Crippen molar-refractivity contribution >= 4 is 26.9 Å². The Bertz CT molecular complexity index is 896. The van der Waals surface area contributed by atoms with Crippen molar-refractivity contribution in [1.29, 1.82) is 0 Å². The van der Waals surface area contributed by atoms with E-state index in [4.69, 9.17) is 9.15 Å². The molecule has 0 aliphatic heterocycles. The van der Waals surface area contributed by atoms with Crippen LogP contribution in [0.3, 0.4) is 0 Å². The lowest BCUT2D eigenvalue weighted by atomic mass is 10.1. The van der Waals surface area contributed by atoms with Gasteiger partial charge < -0.3 is 9.15 Å². The van der Waals surface area contributed by atoms with Crippen LogP contribution in [0.1, 0.15) is 16.7 Å². The molecule has 0 atom stereocenters. The summed E-state index contributed by atoms with van der Waals surface area (Å²) in [6.07, 6.45) is 0. The summed E-state index contributed by atoms with van der Waals surface area (Å²) in [4.78, 5) is 11.7. The Morgan fingerprint density at radius 3 is 2.55 bits per heavy atom. The predicted octanol–water partition coefficient (Wildman–Crippen LogP) is 4.75. The molecule has 2 aromatic carbocycles. The maximum Gasteiger partial charge on any atom is 0.336 e. The topological polar surface area (TPSA) is 39.4 Å². The number of benzene rings is 2. The molecule has 0 saturated carbocycles. The zero-order valence-corrected chi connectivity index (χ0v) is 13.9. The van der Waals surface area contributed by atoms with Gasteiger partial charge in [-0.1, -0.05) is 18.2 Å². The average molecular weight is 359 g/mol. The van der Waals surface area contributed by atoms with Crippen molar-refractivity contribution in [2.75, 3.05) is 0 Å². The summed E-state index contributed by atoms with van der Waals surface area (Å²) in [7, 11) is 0. The second-order valence-corrected chi connectivity index (χ2v) is 6.17. The zero-order valence-electron chi connectivity index (χ0n) is 12.4. The molecule has 3 rings (SSSR count). The lowest BCUT2D eigenvalue weighted by Crippen LogP contribution is -2.04. The molecule has 0 N–H and O–H groups in total. The Morgan fingerprint density at radius 1 is 1.05 bits per heavy atom. The number of hydrogen-bond donors (Lipinski definition) is 0. The minimum Gasteiger partial charge on any atom is -0.488 e. The molecule has 4 heteroatoms. The summed E-state index contributed by atoms with van der Waals surface area (Å²) in [5, 5.41) is 0.897. The Labute approximate surface area is 136 Å². The number of rotatable bonds is 3. The summed E-state index contributed by atoms with van der Waals surface area (Å²) in [6, 6.07) is 13.2. The molecular weight excluding hydrogens is 344 g/mol. The summed E-state index contributed by atoms with van der Waals surface area (Å²) in [5.74, 6) is 0.749. The molecule has 0 fully saturated rings. The minimum atomic E-state index is -0.361. The first-order valence-corrected chi connectivity index (χ1v) is 7.74. The molecule has 3 nitrogen and oxygen atoms in total. The number of fused-ring (bicyclic) bond motifs is 1. The van der Waals surface area contributed by atoms with E-state index in [9.17, 15) is 4.79 Å². The van der Waals surface area contributed by atoms with Gasteiger partial charge in [0.1, 0.15) is 17.9 Å². The quantitative estimate of drug-likeness (QED) is 0.634. The van der Waals surface area contributed by atoms with Crippen LogP contribution in [0.4, 0.5) is 0 Å². The molecule has 22 heavy (non-hydrogen) atoms. The van der Waals surface area contributed by atoms with Crippen LogP contribution in [-0.4, -0.2) is 0 Å². The largest absolute Gasteiger partial charge is 0.488 e. The van der Waals surface area contributed by atoms with Gasteiger partial charge in [-0.2, -0.15) is 0 Å². The van der Waals surface area contributed by atoms with Gasteiger partial charge in [0.15, 0.2) is 0 Å². The van der Waals surface area contributed by atoms with Crippen molar-refractivity contribution in [3.05, 3.63) is 74.0 Å². The van der Waals surface area contributed by atoms with E-state index in [1.54, 1.807) is 0 Å². The van der Waals surface area contributed by atoms with Gasteiger partial charge in [0.25, 0.3) is 0 Å². The molecule has 0 saturated heterocycles. The van der Waals surface area contributed by atoms with Crippen molar-refractivity contribution in [1.82, 2.24) is 0 Å². The summed E-state index contributed by atoms with van der Waals surface area (Å²) < 4.78 is 12.0. The first kappa shape index (κ1) is 14.9. The Kier molecular flexibility index (Phi) is 4.03. The van der Waals surface area contributed by atoms with Gasteiger partial charge in [0.05, 0.1) is 4.47 Å². The highest BCUT2D eigenvalue weighted by molar-refractivity contribution is 9.10. The molecule has 0 aliphatic carbocycles. The maximum absolute atomic E-state index is 11.7. The minimum absolute atomic E-state index is 0.312. The molecule has 0 amide bonds. The number of aryl methyl sites for hydroxylation is 2. The fourth-order valence-corrected chi connectivity index (χ4v) is 2.94. The maximum atomic E-state index is 11.7. The highest BCUT2D eigenvalue weighted by Crippen LogP contribution is 2.27. The number of halogens is 1. The molecule has 0 radical (unpaired) electrons. The standard InChI is InChI=1S/C18H15BrO3/c1-11-4-6-16(15(19)7-11)21-10-13-9-18(20)22-17-8-12(2)3-5-14(13)17/h3-9H,10H2,1-2H3. The van der Waals surface area contributed by atoms with Gasteiger partial charge in [-0.3, -0.25) is 0 Å². The molecule has 0 spiro atoms. The molecular formula is C18H15BrO3. The fourth-order valence-electron chi connectivity index (χ4n) is 2.33. The SMILES string of the molecule is Cc1ccc(OCc2cc(=O)oc3cc(C)ccc23)c(Br)c1. The van der Waals surface area contributed by atoms with Crippen molar-refractivity contribution in [2.45, 2.75) is 20.5 Å². The molecule has 0 bridgehead atoms. The van der Waals surface area contributed by atoms with Crippen LogP contribution in [-0.2, 0) is 6.61 Å². The van der Waals surface area contributed by atoms with Crippen molar-refractivity contribution < 1.29 is 9.15 Å². The molecule has 0 aliphatic rings. The zero-order chi connectivity index (χ0) is 15.7. The normalized spacial score (nSPS) is 10.9. The first-order chi connectivity index (χ1) is 10.5. The van der Waals surface area contributed by atoms with Crippen LogP contribution in [0.25, 0.3) is 11.0 Å². The predicted molar refractivity (Wildman–Crippen MR) is 90.4 cm³/mol. The van der Waals surface area contributed by atoms with Gasteiger partial charge in [0.2, 0.25) is 0 Å². The monoisotopic (exact) mass is 358 g/mol. The Hall–Kier alpha value is -2.07. The third-order valence-corrected chi connectivity index (χ3v) is 4.08. The van der Waals surface area contributed by atoms with E-state index < -0.39 is 0 Å². The van der Waals surface area contributed by atoms with Gasteiger partial charge in [-0.15, -0.1) is 0 Å². The second kappa shape index (κ2) is 5.97.